The van der Waals surface area contributed by atoms with E-state index in [1.807, 2.05) is 60.9 Å². The molecular formula is C16H16N4OS. The molecule has 0 fully saturated rings. The number of methoxy groups -OCH3 is 1. The second kappa shape index (κ2) is 6.11. The summed E-state index contributed by atoms with van der Waals surface area (Å²) in [6.45, 7) is 1.97. The zero-order valence-electron chi connectivity index (χ0n) is 12.6. The maximum absolute atomic E-state index is 5.16. The predicted molar refractivity (Wildman–Crippen MR) is 88.9 cm³/mol. The van der Waals surface area contributed by atoms with Crippen molar-refractivity contribution >= 4 is 22.4 Å². The predicted octanol–water partition coefficient (Wildman–Crippen LogP) is 3.69. The van der Waals surface area contributed by atoms with E-state index < -0.39 is 0 Å². The molecule has 0 bridgehead atoms. The molecule has 0 aliphatic carbocycles. The Bertz CT molecular complexity index is 753. The molecule has 0 saturated carbocycles. The summed E-state index contributed by atoms with van der Waals surface area (Å²) in [5.74, 6) is 1.46. The Labute approximate surface area is 133 Å². The molecule has 22 heavy (non-hydrogen) atoms. The van der Waals surface area contributed by atoms with Crippen LogP contribution in [-0.4, -0.2) is 29.1 Å². The standard InChI is InChI=1S/C16H16N4OS/c1-11-10-22-16(19-11)20(2)15-17-8-13(9-18-15)12-4-6-14(21-3)7-5-12/h4-10H,1-3H3. The highest BCUT2D eigenvalue weighted by molar-refractivity contribution is 7.13. The third-order valence-electron chi connectivity index (χ3n) is 3.26. The van der Waals surface area contributed by atoms with E-state index in [0.717, 1.165) is 27.7 Å². The molecule has 0 unspecified atom stereocenters. The Kier molecular flexibility index (Phi) is 4.02. The fourth-order valence-corrected chi connectivity index (χ4v) is 2.77. The lowest BCUT2D eigenvalue weighted by atomic mass is 10.1. The first-order valence-corrected chi connectivity index (χ1v) is 7.67. The second-order valence-corrected chi connectivity index (χ2v) is 5.67. The van der Waals surface area contributed by atoms with Gasteiger partial charge in [0.1, 0.15) is 5.75 Å². The van der Waals surface area contributed by atoms with Crippen LogP contribution in [0.1, 0.15) is 5.69 Å². The Hall–Kier alpha value is -2.47. The highest BCUT2D eigenvalue weighted by Gasteiger charge is 2.10. The van der Waals surface area contributed by atoms with Crippen LogP contribution in [0, 0.1) is 6.92 Å². The van der Waals surface area contributed by atoms with Gasteiger partial charge in [0.25, 0.3) is 0 Å². The average Bonchev–Trinajstić information content (AvgIpc) is 3.01. The fraction of sp³-hybridized carbons (Fsp3) is 0.188. The summed E-state index contributed by atoms with van der Waals surface area (Å²) < 4.78 is 5.16. The van der Waals surface area contributed by atoms with E-state index >= 15 is 0 Å². The van der Waals surface area contributed by atoms with Crippen molar-refractivity contribution in [2.45, 2.75) is 6.92 Å². The van der Waals surface area contributed by atoms with Gasteiger partial charge in [0, 0.05) is 30.4 Å². The second-order valence-electron chi connectivity index (χ2n) is 4.83. The number of nitrogens with zero attached hydrogens (tertiary/aromatic N) is 4. The van der Waals surface area contributed by atoms with Crippen molar-refractivity contribution in [2.75, 3.05) is 19.1 Å². The maximum atomic E-state index is 5.16. The summed E-state index contributed by atoms with van der Waals surface area (Å²) in [6, 6.07) is 7.83. The average molecular weight is 312 g/mol. The van der Waals surface area contributed by atoms with Gasteiger partial charge in [-0.3, -0.25) is 4.90 Å². The molecule has 0 aliphatic rings. The molecular weight excluding hydrogens is 296 g/mol. The first-order chi connectivity index (χ1) is 10.7. The van der Waals surface area contributed by atoms with Crippen LogP contribution < -0.4 is 9.64 Å². The molecule has 3 aromatic rings. The number of aromatic nitrogens is 3. The van der Waals surface area contributed by atoms with Crippen molar-refractivity contribution in [1.29, 1.82) is 0 Å². The van der Waals surface area contributed by atoms with Crippen molar-refractivity contribution in [1.82, 2.24) is 15.0 Å². The van der Waals surface area contributed by atoms with E-state index in [-0.39, 0.29) is 0 Å². The molecule has 5 nitrogen and oxygen atoms in total. The topological polar surface area (TPSA) is 51.1 Å². The van der Waals surface area contributed by atoms with Gasteiger partial charge in [0.15, 0.2) is 5.13 Å². The van der Waals surface area contributed by atoms with E-state index in [0.29, 0.717) is 5.95 Å². The molecule has 0 radical (unpaired) electrons. The van der Waals surface area contributed by atoms with Crippen molar-refractivity contribution in [3.05, 3.63) is 47.7 Å². The van der Waals surface area contributed by atoms with Crippen molar-refractivity contribution in [3.63, 3.8) is 0 Å². The highest BCUT2D eigenvalue weighted by Crippen LogP contribution is 2.26. The van der Waals surface area contributed by atoms with Crippen LogP contribution in [0.3, 0.4) is 0 Å². The maximum Gasteiger partial charge on any atom is 0.231 e. The fourth-order valence-electron chi connectivity index (χ4n) is 2.01. The first kappa shape index (κ1) is 14.5. The minimum absolute atomic E-state index is 0.631. The molecule has 0 atom stereocenters. The molecule has 0 spiro atoms. The molecule has 0 saturated heterocycles. The minimum Gasteiger partial charge on any atom is -0.497 e. The zero-order valence-corrected chi connectivity index (χ0v) is 13.5. The summed E-state index contributed by atoms with van der Waals surface area (Å²) in [7, 11) is 3.57. The molecule has 0 amide bonds. The van der Waals surface area contributed by atoms with E-state index in [4.69, 9.17) is 4.74 Å². The SMILES string of the molecule is COc1ccc(-c2cnc(N(C)c3nc(C)cs3)nc2)cc1. The summed E-state index contributed by atoms with van der Waals surface area (Å²) in [5.41, 5.74) is 3.02. The minimum atomic E-state index is 0.631. The van der Waals surface area contributed by atoms with E-state index in [9.17, 15) is 0 Å². The van der Waals surface area contributed by atoms with Crippen LogP contribution in [0.25, 0.3) is 11.1 Å². The monoisotopic (exact) mass is 312 g/mol. The molecule has 112 valence electrons. The lowest BCUT2D eigenvalue weighted by molar-refractivity contribution is 0.415. The van der Waals surface area contributed by atoms with Gasteiger partial charge >= 0.3 is 0 Å². The van der Waals surface area contributed by atoms with Crippen LogP contribution in [0.4, 0.5) is 11.1 Å². The van der Waals surface area contributed by atoms with Gasteiger partial charge in [0.2, 0.25) is 5.95 Å². The quantitative estimate of drug-likeness (QED) is 0.735. The van der Waals surface area contributed by atoms with E-state index in [1.54, 1.807) is 18.4 Å². The lowest BCUT2D eigenvalue weighted by Crippen LogP contribution is -2.12. The van der Waals surface area contributed by atoms with Crippen LogP contribution in [0.2, 0.25) is 0 Å². The number of benzene rings is 1. The number of rotatable bonds is 4. The smallest absolute Gasteiger partial charge is 0.231 e. The normalized spacial score (nSPS) is 10.5. The number of anilines is 2. The molecule has 2 heterocycles. The van der Waals surface area contributed by atoms with Crippen LogP contribution in [0.15, 0.2) is 42.0 Å². The molecule has 1 aromatic carbocycles. The zero-order chi connectivity index (χ0) is 15.5. The summed E-state index contributed by atoms with van der Waals surface area (Å²) in [6.07, 6.45) is 3.64. The van der Waals surface area contributed by atoms with Crippen LogP contribution >= 0.6 is 11.3 Å². The van der Waals surface area contributed by atoms with Crippen LogP contribution in [0.5, 0.6) is 5.75 Å². The largest absolute Gasteiger partial charge is 0.497 e. The number of thiazole rings is 1. The number of ether oxygens (including phenoxy) is 1. The van der Waals surface area contributed by atoms with Crippen molar-refractivity contribution in [3.8, 4) is 16.9 Å². The van der Waals surface area contributed by atoms with Gasteiger partial charge in [-0.25, -0.2) is 15.0 Å². The van der Waals surface area contributed by atoms with Gasteiger partial charge in [-0.05, 0) is 24.6 Å². The molecule has 3 rings (SSSR count). The number of hydrogen-bond acceptors (Lipinski definition) is 6. The number of aryl methyl sites for hydroxylation is 1. The molecule has 6 heteroatoms. The lowest BCUT2D eigenvalue weighted by Gasteiger charge is -2.13. The van der Waals surface area contributed by atoms with Crippen molar-refractivity contribution in [2.24, 2.45) is 0 Å². The summed E-state index contributed by atoms with van der Waals surface area (Å²) >= 11 is 1.58. The van der Waals surface area contributed by atoms with Crippen molar-refractivity contribution < 1.29 is 4.74 Å². The third-order valence-corrected chi connectivity index (χ3v) is 4.29. The Morgan fingerprint density at radius 2 is 1.73 bits per heavy atom. The highest BCUT2D eigenvalue weighted by atomic mass is 32.1. The third kappa shape index (κ3) is 2.92. The van der Waals surface area contributed by atoms with E-state index in [1.165, 1.54) is 0 Å². The molecule has 0 aliphatic heterocycles. The van der Waals surface area contributed by atoms with Gasteiger partial charge in [-0.2, -0.15) is 0 Å². The Morgan fingerprint density at radius 3 is 2.27 bits per heavy atom. The van der Waals surface area contributed by atoms with Gasteiger partial charge < -0.3 is 4.74 Å². The van der Waals surface area contributed by atoms with Gasteiger partial charge in [-0.1, -0.05) is 12.1 Å². The molecule has 0 N–H and O–H groups in total. The number of hydrogen-bond donors (Lipinski definition) is 0. The first-order valence-electron chi connectivity index (χ1n) is 6.79. The van der Waals surface area contributed by atoms with Gasteiger partial charge in [0.05, 0.1) is 12.8 Å². The van der Waals surface area contributed by atoms with Crippen LogP contribution in [-0.2, 0) is 0 Å². The summed E-state index contributed by atoms with van der Waals surface area (Å²) in [4.78, 5) is 15.2. The Morgan fingerprint density at radius 1 is 1.05 bits per heavy atom. The van der Waals surface area contributed by atoms with E-state index in [2.05, 4.69) is 15.0 Å². The Balaban J connectivity index is 1.82. The molecule has 2 aromatic heterocycles. The summed E-state index contributed by atoms with van der Waals surface area (Å²) in [5, 5.41) is 2.90. The van der Waals surface area contributed by atoms with Gasteiger partial charge in [-0.15, -0.1) is 11.3 Å².